The third-order valence-corrected chi connectivity index (χ3v) is 9.61. The molecule has 254 valence electrons. The molecule has 2 aromatic heterocycles. The number of anilines is 1. The Hall–Kier alpha value is -5.30. The summed E-state index contributed by atoms with van der Waals surface area (Å²) in [5, 5.41) is 19.7. The normalized spacial score (nSPS) is 18.4. The molecular weight excluding hydrogens is 622 g/mol. The van der Waals surface area contributed by atoms with Crippen LogP contribution >= 0.6 is 0 Å². The second-order valence-electron chi connectivity index (χ2n) is 13.0. The number of ketones is 1. The first-order chi connectivity index (χ1) is 23.8. The van der Waals surface area contributed by atoms with E-state index in [0.29, 0.717) is 49.2 Å². The van der Waals surface area contributed by atoms with Crippen LogP contribution in [0.3, 0.4) is 0 Å². The third-order valence-electron chi connectivity index (χ3n) is 9.61. The van der Waals surface area contributed by atoms with Crippen LogP contribution in [0.15, 0.2) is 60.8 Å². The number of rotatable bonds is 11. The van der Waals surface area contributed by atoms with Crippen LogP contribution in [0.2, 0.25) is 0 Å². The summed E-state index contributed by atoms with van der Waals surface area (Å²) in [6.07, 6.45) is 5.74. The number of nitrogens with two attached hydrogens (primary N) is 1. The van der Waals surface area contributed by atoms with Crippen molar-refractivity contribution in [1.82, 2.24) is 35.8 Å². The van der Waals surface area contributed by atoms with Crippen molar-refractivity contribution in [2.75, 3.05) is 31.5 Å². The number of aromatic nitrogens is 5. The lowest BCUT2D eigenvalue weighted by Crippen LogP contribution is -2.50. The fourth-order valence-electron chi connectivity index (χ4n) is 6.67. The molecule has 3 amide bonds. The number of pyridine rings is 1. The maximum atomic E-state index is 13.7. The van der Waals surface area contributed by atoms with E-state index < -0.39 is 5.92 Å². The predicted octanol–water partition coefficient (Wildman–Crippen LogP) is 3.33. The lowest BCUT2D eigenvalue weighted by molar-refractivity contribution is -0.129. The highest BCUT2D eigenvalue weighted by molar-refractivity contribution is 5.97. The van der Waals surface area contributed by atoms with Crippen LogP contribution in [-0.2, 0) is 20.8 Å². The number of Topliss-reactive ketones (excluding diaryl/α,β-unsaturated/α-hetero) is 1. The third kappa shape index (κ3) is 8.23. The summed E-state index contributed by atoms with van der Waals surface area (Å²) in [7, 11) is 0. The molecule has 0 unspecified atom stereocenters. The van der Waals surface area contributed by atoms with E-state index in [2.05, 4.69) is 36.2 Å². The number of benzene rings is 2. The molecule has 1 saturated heterocycles. The molecule has 2 aromatic carbocycles. The summed E-state index contributed by atoms with van der Waals surface area (Å²) < 4.78 is 0. The van der Waals surface area contributed by atoms with Gasteiger partial charge in [0.2, 0.25) is 17.6 Å². The maximum absolute atomic E-state index is 13.7. The topological polar surface area (TPSA) is 189 Å². The minimum Gasteiger partial charge on any atom is -0.353 e. The van der Waals surface area contributed by atoms with E-state index >= 15 is 0 Å². The SMILES string of the molecule is Cc1cc(C(=O)N2CCNC(=O)C2)ncc1-c1ccc(C[C@H](CC(=O)C2CCC(CN)CC2)C(=O)Nc2ccc(-c3nn[nH]n3)cc2)cc1. The molecule has 3 heterocycles. The Labute approximate surface area is 284 Å². The molecular formula is C36H41N9O4. The second kappa shape index (κ2) is 15.3. The summed E-state index contributed by atoms with van der Waals surface area (Å²) in [5.41, 5.74) is 11.1. The van der Waals surface area contributed by atoms with Crippen LogP contribution in [0.4, 0.5) is 5.69 Å². The summed E-state index contributed by atoms with van der Waals surface area (Å²) in [6, 6.07) is 16.8. The smallest absolute Gasteiger partial charge is 0.272 e. The predicted molar refractivity (Wildman–Crippen MR) is 183 cm³/mol. The van der Waals surface area contributed by atoms with E-state index in [4.69, 9.17) is 5.73 Å². The summed E-state index contributed by atoms with van der Waals surface area (Å²) in [5.74, 6) is -0.229. The Bertz CT molecular complexity index is 1780. The molecule has 13 heteroatoms. The highest BCUT2D eigenvalue weighted by atomic mass is 16.2. The highest BCUT2D eigenvalue weighted by Crippen LogP contribution is 2.31. The summed E-state index contributed by atoms with van der Waals surface area (Å²) in [4.78, 5) is 57.8. The van der Waals surface area contributed by atoms with Gasteiger partial charge in [-0.15, -0.1) is 10.2 Å². The van der Waals surface area contributed by atoms with Gasteiger partial charge in [0.25, 0.3) is 5.91 Å². The molecule has 1 aliphatic carbocycles. The molecule has 6 rings (SSSR count). The molecule has 1 aliphatic heterocycles. The average Bonchev–Trinajstić information content (AvgIpc) is 3.67. The lowest BCUT2D eigenvalue weighted by atomic mass is 9.77. The molecule has 4 aromatic rings. The van der Waals surface area contributed by atoms with Gasteiger partial charge < -0.3 is 21.3 Å². The van der Waals surface area contributed by atoms with Gasteiger partial charge in [0, 0.05) is 54.4 Å². The Morgan fingerprint density at radius 3 is 2.41 bits per heavy atom. The number of amides is 3. The van der Waals surface area contributed by atoms with Gasteiger partial charge in [0.05, 0.1) is 6.54 Å². The van der Waals surface area contributed by atoms with Crippen molar-refractivity contribution < 1.29 is 19.2 Å². The van der Waals surface area contributed by atoms with Crippen molar-refractivity contribution in [3.63, 3.8) is 0 Å². The standard InChI is InChI=1S/C36H41N9O4/c1-22-16-31(36(49)45-15-14-38-33(47)21-45)39-20-30(22)25-6-2-23(3-7-25)17-28(18-32(46)26-8-4-24(19-37)5-9-26)35(48)40-29-12-10-27(11-13-29)34-41-43-44-42-34/h2-3,6-7,10-13,16,20,24,26,28H,4-5,8-9,14-15,17-19,21,37H2,1H3,(H,38,47)(H,40,48)(H,41,42,43,44)/t24?,26?,28-/m1/s1. The molecule has 0 radical (unpaired) electrons. The monoisotopic (exact) mass is 663 g/mol. The minimum atomic E-state index is -0.562. The zero-order chi connectivity index (χ0) is 34.3. The minimum absolute atomic E-state index is 0.0244. The first-order valence-corrected chi connectivity index (χ1v) is 16.8. The Balaban J connectivity index is 1.15. The van der Waals surface area contributed by atoms with Crippen molar-refractivity contribution in [2.24, 2.45) is 23.5 Å². The van der Waals surface area contributed by atoms with Gasteiger partial charge in [-0.25, -0.2) is 0 Å². The Morgan fingerprint density at radius 1 is 1.02 bits per heavy atom. The van der Waals surface area contributed by atoms with Crippen LogP contribution in [0.1, 0.15) is 53.7 Å². The zero-order valence-electron chi connectivity index (χ0n) is 27.5. The van der Waals surface area contributed by atoms with Crippen LogP contribution in [0.25, 0.3) is 22.5 Å². The molecule has 5 N–H and O–H groups in total. The lowest BCUT2D eigenvalue weighted by Gasteiger charge is -2.27. The molecule has 2 fully saturated rings. The van der Waals surface area contributed by atoms with Gasteiger partial charge in [0.1, 0.15) is 11.5 Å². The van der Waals surface area contributed by atoms with Crippen LogP contribution in [0, 0.1) is 24.7 Å². The zero-order valence-corrected chi connectivity index (χ0v) is 27.5. The van der Waals surface area contributed by atoms with E-state index in [1.807, 2.05) is 31.2 Å². The second-order valence-corrected chi connectivity index (χ2v) is 13.0. The largest absolute Gasteiger partial charge is 0.353 e. The number of hydrogen-bond donors (Lipinski definition) is 4. The molecule has 13 nitrogen and oxygen atoms in total. The number of aromatic amines is 1. The number of nitrogens with zero attached hydrogens (tertiary/aromatic N) is 5. The number of nitrogens with one attached hydrogen (secondary N) is 3. The highest BCUT2D eigenvalue weighted by Gasteiger charge is 2.30. The number of carbonyl (C=O) groups is 4. The van der Waals surface area contributed by atoms with Gasteiger partial charge in [-0.3, -0.25) is 24.2 Å². The molecule has 0 bridgehead atoms. The van der Waals surface area contributed by atoms with Crippen LogP contribution < -0.4 is 16.4 Å². The van der Waals surface area contributed by atoms with E-state index in [-0.39, 0.29) is 42.4 Å². The quantitative estimate of drug-likeness (QED) is 0.187. The molecule has 49 heavy (non-hydrogen) atoms. The van der Waals surface area contributed by atoms with E-state index in [1.54, 1.807) is 36.5 Å². The fourth-order valence-corrected chi connectivity index (χ4v) is 6.67. The van der Waals surface area contributed by atoms with E-state index in [0.717, 1.165) is 53.5 Å². The van der Waals surface area contributed by atoms with E-state index in [9.17, 15) is 19.2 Å². The molecule has 1 saturated carbocycles. The summed E-state index contributed by atoms with van der Waals surface area (Å²) >= 11 is 0. The molecule has 0 spiro atoms. The maximum Gasteiger partial charge on any atom is 0.272 e. The van der Waals surface area contributed by atoms with Crippen molar-refractivity contribution in [1.29, 1.82) is 0 Å². The van der Waals surface area contributed by atoms with Gasteiger partial charge in [0.15, 0.2) is 0 Å². The number of hydrogen-bond acceptors (Lipinski definition) is 9. The first-order valence-electron chi connectivity index (χ1n) is 16.8. The Kier molecular flexibility index (Phi) is 10.5. The number of aryl methyl sites for hydroxylation is 1. The van der Waals surface area contributed by atoms with Gasteiger partial charge in [-0.1, -0.05) is 24.3 Å². The number of carbonyl (C=O) groups excluding carboxylic acids is 4. The van der Waals surface area contributed by atoms with Crippen LogP contribution in [0.5, 0.6) is 0 Å². The molecule has 1 atom stereocenters. The van der Waals surface area contributed by atoms with Gasteiger partial charge in [-0.2, -0.15) is 5.21 Å². The number of piperazine rings is 1. The Morgan fingerprint density at radius 2 is 1.76 bits per heavy atom. The summed E-state index contributed by atoms with van der Waals surface area (Å²) in [6.45, 7) is 3.46. The first kappa shape index (κ1) is 33.6. The van der Waals surface area contributed by atoms with Crippen LogP contribution in [-0.4, -0.2) is 80.2 Å². The fraction of sp³-hybridized carbons (Fsp3) is 0.389. The average molecular weight is 664 g/mol. The van der Waals surface area contributed by atoms with Crippen molar-refractivity contribution in [3.05, 3.63) is 77.6 Å². The number of tetrazole rings is 1. The number of H-pyrrole nitrogens is 1. The van der Waals surface area contributed by atoms with E-state index in [1.165, 1.54) is 4.90 Å². The van der Waals surface area contributed by atoms with Crippen molar-refractivity contribution in [2.45, 2.75) is 45.4 Å². The van der Waals surface area contributed by atoms with Crippen molar-refractivity contribution >= 4 is 29.2 Å². The van der Waals surface area contributed by atoms with Crippen molar-refractivity contribution in [3.8, 4) is 22.5 Å². The van der Waals surface area contributed by atoms with Gasteiger partial charge >= 0.3 is 0 Å². The molecule has 2 aliphatic rings. The van der Waals surface area contributed by atoms with Gasteiger partial charge in [-0.05, 0) is 104 Å².